The summed E-state index contributed by atoms with van der Waals surface area (Å²) in [7, 11) is 1.41. The fraction of sp³-hybridized carbons (Fsp3) is 0.545. The average molecular weight is 413 g/mol. The van der Waals surface area contributed by atoms with Crippen LogP contribution in [0.15, 0.2) is 18.2 Å². The number of carbonyl (C=O) groups excluding carboxylic acids is 4. The molecule has 1 saturated heterocycles. The van der Waals surface area contributed by atoms with E-state index < -0.39 is 0 Å². The summed E-state index contributed by atoms with van der Waals surface area (Å²) in [6.07, 6.45) is 3.89. The second kappa shape index (κ2) is 8.45. The summed E-state index contributed by atoms with van der Waals surface area (Å²) in [5.41, 5.74) is 3.00. The van der Waals surface area contributed by atoms with Gasteiger partial charge in [0.15, 0.2) is 0 Å². The minimum Gasteiger partial charge on any atom is -0.469 e. The van der Waals surface area contributed by atoms with Crippen LogP contribution in [0.2, 0.25) is 0 Å². The SMILES string of the molecule is COC(=O)C1CCC(C(=O)N2CCc3cc(N4CCC(=O)NC4=O)ccc3C2)CC1. The van der Waals surface area contributed by atoms with Gasteiger partial charge >= 0.3 is 12.0 Å². The van der Waals surface area contributed by atoms with Gasteiger partial charge in [-0.1, -0.05) is 6.07 Å². The molecule has 0 spiro atoms. The van der Waals surface area contributed by atoms with Crippen LogP contribution < -0.4 is 10.2 Å². The predicted octanol–water partition coefficient (Wildman–Crippen LogP) is 2.00. The van der Waals surface area contributed by atoms with Gasteiger partial charge in [-0.2, -0.15) is 0 Å². The number of esters is 1. The summed E-state index contributed by atoms with van der Waals surface area (Å²) in [6, 6.07) is 5.46. The topological polar surface area (TPSA) is 96.0 Å². The Morgan fingerprint density at radius 2 is 1.73 bits per heavy atom. The highest BCUT2D eigenvalue weighted by molar-refractivity contribution is 6.05. The molecule has 30 heavy (non-hydrogen) atoms. The number of hydrogen-bond acceptors (Lipinski definition) is 5. The highest BCUT2D eigenvalue weighted by atomic mass is 16.5. The third kappa shape index (κ3) is 4.04. The molecule has 2 aliphatic heterocycles. The van der Waals surface area contributed by atoms with E-state index in [-0.39, 0.29) is 35.7 Å². The minimum atomic E-state index is -0.388. The Kier molecular flexibility index (Phi) is 5.74. The van der Waals surface area contributed by atoms with Crippen LogP contribution in [0.3, 0.4) is 0 Å². The van der Waals surface area contributed by atoms with Crippen LogP contribution >= 0.6 is 0 Å². The first kappa shape index (κ1) is 20.4. The third-order valence-corrected chi connectivity index (χ3v) is 6.49. The maximum atomic E-state index is 13.0. The van der Waals surface area contributed by atoms with E-state index in [2.05, 4.69) is 5.32 Å². The lowest BCUT2D eigenvalue weighted by Gasteiger charge is -2.35. The molecular formula is C22H27N3O5. The zero-order chi connectivity index (χ0) is 21.3. The lowest BCUT2D eigenvalue weighted by molar-refractivity contribution is -0.148. The Bertz CT molecular complexity index is 876. The number of hydrogen-bond donors (Lipinski definition) is 1. The molecule has 2 heterocycles. The maximum absolute atomic E-state index is 13.0. The largest absolute Gasteiger partial charge is 0.469 e. The van der Waals surface area contributed by atoms with Crippen molar-refractivity contribution in [3.05, 3.63) is 29.3 Å². The fourth-order valence-corrected chi connectivity index (χ4v) is 4.71. The molecule has 4 rings (SSSR count). The van der Waals surface area contributed by atoms with Crippen molar-refractivity contribution in [3.63, 3.8) is 0 Å². The number of benzene rings is 1. The summed E-state index contributed by atoms with van der Waals surface area (Å²) in [4.78, 5) is 51.7. The summed E-state index contributed by atoms with van der Waals surface area (Å²) in [6.45, 7) is 1.59. The number of ether oxygens (including phenoxy) is 1. The molecule has 160 valence electrons. The normalized spacial score (nSPS) is 24.2. The molecule has 0 atom stereocenters. The first-order valence-electron chi connectivity index (χ1n) is 10.6. The van der Waals surface area contributed by atoms with Gasteiger partial charge in [0.1, 0.15) is 0 Å². The number of rotatable bonds is 3. The molecule has 1 aromatic carbocycles. The molecule has 1 aliphatic carbocycles. The molecule has 0 radical (unpaired) electrons. The molecule has 0 aromatic heterocycles. The van der Waals surface area contributed by atoms with Crippen molar-refractivity contribution in [2.24, 2.45) is 11.8 Å². The summed E-state index contributed by atoms with van der Waals surface area (Å²) in [5.74, 6) is -0.357. The minimum absolute atomic E-state index is 0.0266. The van der Waals surface area contributed by atoms with Gasteiger partial charge in [-0.15, -0.1) is 0 Å². The average Bonchev–Trinajstić information content (AvgIpc) is 2.77. The van der Waals surface area contributed by atoms with E-state index in [0.717, 1.165) is 36.1 Å². The van der Waals surface area contributed by atoms with Crippen LogP contribution in [-0.2, 0) is 32.1 Å². The molecule has 8 heteroatoms. The molecule has 8 nitrogen and oxygen atoms in total. The Morgan fingerprint density at radius 3 is 2.43 bits per heavy atom. The van der Waals surface area contributed by atoms with E-state index >= 15 is 0 Å². The Balaban J connectivity index is 1.38. The molecule has 1 aromatic rings. The van der Waals surface area contributed by atoms with Crippen LogP contribution in [0.5, 0.6) is 0 Å². The molecule has 2 fully saturated rings. The monoisotopic (exact) mass is 413 g/mol. The van der Waals surface area contributed by atoms with Gasteiger partial charge in [0, 0.05) is 37.7 Å². The van der Waals surface area contributed by atoms with Gasteiger partial charge in [0.25, 0.3) is 0 Å². The fourth-order valence-electron chi connectivity index (χ4n) is 4.71. The molecule has 1 N–H and O–H groups in total. The number of anilines is 1. The molecule has 3 aliphatic rings. The number of fused-ring (bicyclic) bond motifs is 1. The zero-order valence-corrected chi connectivity index (χ0v) is 17.2. The van der Waals surface area contributed by atoms with Gasteiger partial charge in [0.2, 0.25) is 11.8 Å². The molecule has 0 bridgehead atoms. The lowest BCUT2D eigenvalue weighted by Crippen LogP contribution is -2.49. The van der Waals surface area contributed by atoms with E-state index in [0.29, 0.717) is 38.9 Å². The quantitative estimate of drug-likeness (QED) is 0.765. The van der Waals surface area contributed by atoms with Crippen molar-refractivity contribution in [3.8, 4) is 0 Å². The lowest BCUT2D eigenvalue weighted by atomic mass is 9.81. The second-order valence-electron chi connectivity index (χ2n) is 8.29. The summed E-state index contributed by atoms with van der Waals surface area (Å²) < 4.78 is 4.83. The van der Waals surface area contributed by atoms with E-state index in [1.165, 1.54) is 7.11 Å². The Morgan fingerprint density at radius 1 is 1.00 bits per heavy atom. The number of methoxy groups -OCH3 is 1. The van der Waals surface area contributed by atoms with Gasteiger partial charge in [-0.25, -0.2) is 4.79 Å². The number of imide groups is 1. The van der Waals surface area contributed by atoms with Crippen molar-refractivity contribution >= 4 is 29.5 Å². The smallest absolute Gasteiger partial charge is 0.328 e. The summed E-state index contributed by atoms with van der Waals surface area (Å²) >= 11 is 0. The first-order chi connectivity index (χ1) is 14.5. The highest BCUT2D eigenvalue weighted by Gasteiger charge is 2.34. The van der Waals surface area contributed by atoms with Gasteiger partial charge in [-0.05, 0) is 55.4 Å². The summed E-state index contributed by atoms with van der Waals surface area (Å²) in [5, 5.41) is 2.35. The maximum Gasteiger partial charge on any atom is 0.328 e. The van der Waals surface area contributed by atoms with E-state index in [1.54, 1.807) is 4.90 Å². The number of nitrogens with one attached hydrogen (secondary N) is 1. The van der Waals surface area contributed by atoms with E-state index in [4.69, 9.17) is 4.74 Å². The van der Waals surface area contributed by atoms with E-state index in [9.17, 15) is 19.2 Å². The van der Waals surface area contributed by atoms with Gasteiger partial charge < -0.3 is 9.64 Å². The van der Waals surface area contributed by atoms with Crippen LogP contribution in [0.4, 0.5) is 10.5 Å². The van der Waals surface area contributed by atoms with Crippen LogP contribution in [-0.4, -0.2) is 48.9 Å². The molecular weight excluding hydrogens is 386 g/mol. The number of carbonyl (C=O) groups is 4. The standard InChI is InChI=1S/C22H27N3O5/c1-30-21(28)15-4-2-14(3-5-15)20(27)24-10-8-16-12-18(7-6-17(16)13-24)25-11-9-19(26)23-22(25)29/h6-7,12,14-15H,2-5,8-11,13H2,1H3,(H,23,26,29). The van der Waals surface area contributed by atoms with Crippen molar-refractivity contribution in [2.75, 3.05) is 25.1 Å². The van der Waals surface area contributed by atoms with Crippen LogP contribution in [0.25, 0.3) is 0 Å². The number of amides is 4. The van der Waals surface area contributed by atoms with Crippen molar-refractivity contribution in [2.45, 2.75) is 45.1 Å². The highest BCUT2D eigenvalue weighted by Crippen LogP contribution is 2.33. The predicted molar refractivity (Wildman–Crippen MR) is 109 cm³/mol. The van der Waals surface area contributed by atoms with Gasteiger partial charge in [-0.3, -0.25) is 24.6 Å². The molecule has 0 unspecified atom stereocenters. The van der Waals surface area contributed by atoms with E-state index in [1.807, 2.05) is 23.1 Å². The van der Waals surface area contributed by atoms with Gasteiger partial charge in [0.05, 0.1) is 13.0 Å². The molecule has 1 saturated carbocycles. The Labute approximate surface area is 175 Å². The number of urea groups is 1. The van der Waals surface area contributed by atoms with Crippen LogP contribution in [0, 0.1) is 11.8 Å². The number of nitrogens with zero attached hydrogens (tertiary/aromatic N) is 2. The second-order valence-corrected chi connectivity index (χ2v) is 8.29. The van der Waals surface area contributed by atoms with Crippen molar-refractivity contribution in [1.82, 2.24) is 10.2 Å². The Hall–Kier alpha value is -2.90. The molecule has 4 amide bonds. The van der Waals surface area contributed by atoms with Crippen molar-refractivity contribution < 1.29 is 23.9 Å². The zero-order valence-electron chi connectivity index (χ0n) is 17.2. The third-order valence-electron chi connectivity index (χ3n) is 6.49. The first-order valence-corrected chi connectivity index (χ1v) is 10.6. The van der Waals surface area contributed by atoms with Crippen molar-refractivity contribution in [1.29, 1.82) is 0 Å². The van der Waals surface area contributed by atoms with Crippen LogP contribution in [0.1, 0.15) is 43.2 Å².